The summed E-state index contributed by atoms with van der Waals surface area (Å²) in [4.78, 5) is 39.8. The molecule has 3 aromatic carbocycles. The van der Waals surface area contributed by atoms with E-state index in [-0.39, 0.29) is 40.7 Å². The van der Waals surface area contributed by atoms with E-state index in [1.807, 2.05) is 0 Å². The van der Waals surface area contributed by atoms with E-state index in [2.05, 4.69) is 36.6 Å². The molecule has 0 aliphatic carbocycles. The van der Waals surface area contributed by atoms with Crippen molar-refractivity contribution in [2.45, 2.75) is 39.0 Å². The Morgan fingerprint density at radius 3 is 2.43 bits per heavy atom. The number of alkyl carbamates (subject to hydrolysis) is 1. The number of carboxylic acids is 1. The van der Waals surface area contributed by atoms with Gasteiger partial charge in [-0.3, -0.25) is 4.98 Å². The van der Waals surface area contributed by atoms with Gasteiger partial charge in [0.25, 0.3) is 0 Å². The molecule has 0 aliphatic rings. The molecule has 1 aromatic heterocycles. The molecule has 4 rings (SSSR count). The molecule has 0 spiro atoms. The van der Waals surface area contributed by atoms with Gasteiger partial charge in [0.15, 0.2) is 17.3 Å². The second-order valence-electron chi connectivity index (χ2n) is 10.5. The number of nitrogens with zero attached hydrogens (tertiary/aromatic N) is 2. The van der Waals surface area contributed by atoms with Crippen LogP contribution >= 0.6 is 15.9 Å². The number of halogens is 2. The third-order valence-electron chi connectivity index (χ3n) is 6.26. The maximum Gasteiger partial charge on any atom is 0.407 e. The van der Waals surface area contributed by atoms with Crippen molar-refractivity contribution in [1.82, 2.24) is 20.1 Å². The fourth-order valence-corrected chi connectivity index (χ4v) is 4.69. The smallest absolute Gasteiger partial charge is 0.407 e. The van der Waals surface area contributed by atoms with Crippen LogP contribution in [0, 0.1) is 5.82 Å². The summed E-state index contributed by atoms with van der Waals surface area (Å²) in [6, 6.07) is 12.5. The van der Waals surface area contributed by atoms with Gasteiger partial charge in [-0.15, -0.1) is 5.10 Å². The van der Waals surface area contributed by atoms with Crippen LogP contribution in [0.1, 0.15) is 54.1 Å². The van der Waals surface area contributed by atoms with Crippen molar-refractivity contribution in [2.24, 2.45) is 0 Å². The highest BCUT2D eigenvalue weighted by molar-refractivity contribution is 9.10. The zero-order valence-corrected chi connectivity index (χ0v) is 26.1. The van der Waals surface area contributed by atoms with E-state index in [9.17, 15) is 19.5 Å². The van der Waals surface area contributed by atoms with Crippen LogP contribution in [0.3, 0.4) is 0 Å². The minimum Gasteiger partial charge on any atom is -0.493 e. The Balaban J connectivity index is 1.78. The van der Waals surface area contributed by atoms with Gasteiger partial charge in [0.1, 0.15) is 17.5 Å². The molecule has 0 saturated heterocycles. The van der Waals surface area contributed by atoms with E-state index in [4.69, 9.17) is 14.2 Å². The first-order chi connectivity index (χ1) is 20.8. The number of anilines is 1. The van der Waals surface area contributed by atoms with Crippen LogP contribution in [0.4, 0.5) is 14.9 Å². The number of carbonyl (C=O) groups excluding carboxylic acids is 1. The van der Waals surface area contributed by atoms with E-state index in [1.54, 1.807) is 45.0 Å². The van der Waals surface area contributed by atoms with Crippen LogP contribution in [0.15, 0.2) is 63.9 Å². The van der Waals surface area contributed by atoms with Gasteiger partial charge in [0.05, 0.1) is 25.5 Å². The van der Waals surface area contributed by atoms with Gasteiger partial charge in [-0.1, -0.05) is 28.1 Å². The lowest BCUT2D eigenvalue weighted by Gasteiger charge is -2.22. The number of carbonyl (C=O) groups is 2. The van der Waals surface area contributed by atoms with Crippen LogP contribution < -0.4 is 25.8 Å². The number of aromatic nitrogens is 3. The lowest BCUT2D eigenvalue weighted by atomic mass is 10.0. The molecule has 0 bridgehead atoms. The molecular formula is C30H31BrFN5O7. The number of methoxy groups -OCH3 is 2. The summed E-state index contributed by atoms with van der Waals surface area (Å²) in [5.41, 5.74) is -0.336. The minimum atomic E-state index is -1.25. The predicted molar refractivity (Wildman–Crippen MR) is 163 cm³/mol. The number of aromatic amines is 1. The molecular weight excluding hydrogens is 641 g/mol. The third-order valence-corrected chi connectivity index (χ3v) is 7.04. The predicted octanol–water partition coefficient (Wildman–Crippen LogP) is 5.40. The Hall–Kier alpha value is -4.85. The highest BCUT2D eigenvalue weighted by Crippen LogP contribution is 2.36. The number of carboxylic acid groups (broad SMARTS) is 1. The Morgan fingerprint density at radius 1 is 1.09 bits per heavy atom. The van der Waals surface area contributed by atoms with Crippen LogP contribution in [-0.4, -0.2) is 51.8 Å². The zero-order chi connectivity index (χ0) is 32.2. The molecule has 4 aromatic rings. The van der Waals surface area contributed by atoms with Gasteiger partial charge in [0.2, 0.25) is 0 Å². The number of hydrogen-bond acceptors (Lipinski definition) is 8. The Labute approximate surface area is 260 Å². The van der Waals surface area contributed by atoms with Crippen molar-refractivity contribution in [3.63, 3.8) is 0 Å². The van der Waals surface area contributed by atoms with Crippen molar-refractivity contribution in [3.8, 4) is 17.2 Å². The number of hydrogen-bond donors (Lipinski definition) is 4. The normalized spacial score (nSPS) is 11.9. The molecule has 1 unspecified atom stereocenters. The number of para-hydroxylation sites is 1. The van der Waals surface area contributed by atoms with Crippen LogP contribution in [0.25, 0.3) is 5.69 Å². The molecule has 1 heterocycles. The van der Waals surface area contributed by atoms with Crippen LogP contribution in [0.2, 0.25) is 0 Å². The summed E-state index contributed by atoms with van der Waals surface area (Å²) >= 11 is 3.48. The number of aromatic carboxylic acids is 1. The number of amides is 1. The second-order valence-corrected chi connectivity index (χ2v) is 11.4. The van der Waals surface area contributed by atoms with Gasteiger partial charge in [-0.2, -0.15) is 4.68 Å². The molecule has 0 radical (unpaired) electrons. The molecule has 0 fully saturated rings. The number of nitrogens with one attached hydrogen (secondary N) is 3. The molecule has 232 valence electrons. The lowest BCUT2D eigenvalue weighted by molar-refractivity contribution is 0.0522. The third kappa shape index (κ3) is 7.37. The highest BCUT2D eigenvalue weighted by atomic mass is 79.9. The van der Waals surface area contributed by atoms with Gasteiger partial charge >= 0.3 is 17.8 Å². The van der Waals surface area contributed by atoms with Crippen molar-refractivity contribution in [2.75, 3.05) is 19.5 Å². The lowest BCUT2D eigenvalue weighted by Crippen LogP contribution is -2.32. The first-order valence-corrected chi connectivity index (χ1v) is 14.1. The monoisotopic (exact) mass is 671 g/mol. The average molecular weight is 673 g/mol. The first-order valence-electron chi connectivity index (χ1n) is 13.3. The number of ether oxygens (including phenoxy) is 3. The number of H-pyrrole nitrogens is 1. The first kappa shape index (κ1) is 32.1. The number of rotatable bonds is 10. The molecule has 0 aliphatic heterocycles. The molecule has 1 amide bonds. The Morgan fingerprint density at radius 2 is 1.77 bits per heavy atom. The van der Waals surface area contributed by atoms with Crippen molar-refractivity contribution >= 4 is 33.7 Å². The minimum absolute atomic E-state index is 0.0161. The summed E-state index contributed by atoms with van der Waals surface area (Å²) in [6.45, 7) is 5.38. The zero-order valence-electron chi connectivity index (χ0n) is 24.5. The van der Waals surface area contributed by atoms with Crippen molar-refractivity contribution in [1.29, 1.82) is 0 Å². The second kappa shape index (κ2) is 13.2. The van der Waals surface area contributed by atoms with Gasteiger partial charge in [0, 0.05) is 28.3 Å². The summed E-state index contributed by atoms with van der Waals surface area (Å²) in [5, 5.41) is 19.9. The molecule has 44 heavy (non-hydrogen) atoms. The van der Waals surface area contributed by atoms with Gasteiger partial charge in [-0.25, -0.2) is 18.8 Å². The van der Waals surface area contributed by atoms with Gasteiger partial charge < -0.3 is 30.0 Å². The van der Waals surface area contributed by atoms with Gasteiger partial charge in [-0.05, 0) is 62.7 Å². The molecule has 14 heteroatoms. The molecule has 0 saturated carbocycles. The van der Waals surface area contributed by atoms with Crippen molar-refractivity contribution in [3.05, 3.63) is 97.9 Å². The average Bonchev–Trinajstić information content (AvgIpc) is 3.35. The molecule has 12 nitrogen and oxygen atoms in total. The summed E-state index contributed by atoms with van der Waals surface area (Å²) in [6.07, 6.45) is -0.599. The Bertz CT molecular complexity index is 1750. The van der Waals surface area contributed by atoms with E-state index >= 15 is 4.39 Å². The standard InChI is InChI=1S/C30H31BrFN5O7/c1-30(2,3)44-29(41)33-15-16-12-17(10-11-20(16)31)34-25(19-13-23(42-4)24(43-5)14-21(19)32)26-35-28(40)37(36-26)22-9-7-6-8-18(22)27(38)39/h6-14,25,34H,15H2,1-5H3,(H,33,41)(H,38,39)(H,35,36,40). The van der Waals surface area contributed by atoms with E-state index < -0.39 is 35.2 Å². The van der Waals surface area contributed by atoms with E-state index in [1.165, 1.54) is 38.5 Å². The quantitative estimate of drug-likeness (QED) is 0.173. The molecule has 1 atom stereocenters. The summed E-state index contributed by atoms with van der Waals surface area (Å²) in [5.74, 6) is -1.57. The summed E-state index contributed by atoms with van der Waals surface area (Å²) in [7, 11) is 2.78. The largest absolute Gasteiger partial charge is 0.493 e. The molecule has 4 N–H and O–H groups in total. The summed E-state index contributed by atoms with van der Waals surface area (Å²) < 4.78 is 33.2. The SMILES string of the molecule is COc1cc(F)c(C(Nc2ccc(Br)c(CNC(=O)OC(C)(C)C)c2)c2nn(-c3ccccc3C(=O)O)c(=O)[nH]2)cc1OC. The van der Waals surface area contributed by atoms with E-state index in [0.717, 1.165) is 10.7 Å². The topological polar surface area (TPSA) is 157 Å². The highest BCUT2D eigenvalue weighted by Gasteiger charge is 2.27. The fourth-order valence-electron chi connectivity index (χ4n) is 4.31. The van der Waals surface area contributed by atoms with Crippen LogP contribution in [-0.2, 0) is 11.3 Å². The Kier molecular flexibility index (Phi) is 9.62. The van der Waals surface area contributed by atoms with Crippen LogP contribution in [0.5, 0.6) is 11.5 Å². The number of benzene rings is 3. The maximum absolute atomic E-state index is 15.6. The van der Waals surface area contributed by atoms with Crippen molar-refractivity contribution < 1.29 is 33.3 Å². The van der Waals surface area contributed by atoms with E-state index in [0.29, 0.717) is 15.7 Å². The maximum atomic E-state index is 15.6. The fraction of sp³-hybridized carbons (Fsp3) is 0.267.